The predicted octanol–water partition coefficient (Wildman–Crippen LogP) is 4.32. The van der Waals surface area contributed by atoms with Gasteiger partial charge in [-0.05, 0) is 35.0 Å². The second-order valence-corrected chi connectivity index (χ2v) is 8.40. The topological polar surface area (TPSA) is 98.0 Å². The van der Waals surface area contributed by atoms with Crippen LogP contribution in [-0.2, 0) is 10.0 Å². The Kier molecular flexibility index (Phi) is 3.85. The number of nitrogen functional groups attached to an aromatic ring is 1. The third-order valence-corrected chi connectivity index (χ3v) is 6.23. The molecule has 0 amide bonds. The van der Waals surface area contributed by atoms with Crippen LogP contribution in [0.1, 0.15) is 0 Å². The van der Waals surface area contributed by atoms with Gasteiger partial charge in [0.1, 0.15) is 0 Å². The molecule has 6 nitrogen and oxygen atoms in total. The number of hydrogen-bond acceptors (Lipinski definition) is 5. The molecule has 1 aromatic heterocycles. The largest absolute Gasteiger partial charge is 0.399 e. The van der Waals surface area contributed by atoms with E-state index in [1.165, 1.54) is 18.3 Å². The van der Waals surface area contributed by atoms with Crippen molar-refractivity contribution in [3.05, 3.63) is 79.0 Å². The number of hydrogen-bond donors (Lipinski definition) is 2. The molecule has 0 spiro atoms. The predicted molar refractivity (Wildman–Crippen MR) is 116 cm³/mol. The van der Waals surface area contributed by atoms with Gasteiger partial charge in [0.2, 0.25) is 0 Å². The molecule has 0 aliphatic rings. The van der Waals surface area contributed by atoms with Gasteiger partial charge in [0, 0.05) is 16.5 Å². The number of nitrogens with two attached hydrogens (primary N) is 1. The molecule has 0 aliphatic carbocycles. The van der Waals surface area contributed by atoms with Gasteiger partial charge in [-0.1, -0.05) is 48.5 Å². The summed E-state index contributed by atoms with van der Waals surface area (Å²) in [7, 11) is -3.80. The van der Waals surface area contributed by atoms with Crippen molar-refractivity contribution in [3.63, 3.8) is 0 Å². The summed E-state index contributed by atoms with van der Waals surface area (Å²) in [5, 5.41) is 4.02. The minimum Gasteiger partial charge on any atom is -0.399 e. The van der Waals surface area contributed by atoms with Crippen LogP contribution in [0.15, 0.2) is 83.9 Å². The van der Waals surface area contributed by atoms with E-state index in [1.54, 1.807) is 12.1 Å². The van der Waals surface area contributed by atoms with Gasteiger partial charge in [0.05, 0.1) is 22.1 Å². The number of nitrogens with zero attached hydrogens (tertiary/aromatic N) is 2. The van der Waals surface area contributed by atoms with Crippen LogP contribution in [-0.4, -0.2) is 18.4 Å². The monoisotopic (exact) mass is 400 g/mol. The van der Waals surface area contributed by atoms with Crippen molar-refractivity contribution in [1.29, 1.82) is 0 Å². The van der Waals surface area contributed by atoms with Crippen LogP contribution < -0.4 is 10.5 Å². The van der Waals surface area contributed by atoms with E-state index in [0.29, 0.717) is 11.2 Å². The lowest BCUT2D eigenvalue weighted by molar-refractivity contribution is 0.601. The summed E-state index contributed by atoms with van der Waals surface area (Å²) in [5.41, 5.74) is 7.52. The van der Waals surface area contributed by atoms with Crippen molar-refractivity contribution in [2.24, 2.45) is 0 Å². The van der Waals surface area contributed by atoms with Crippen LogP contribution in [0.25, 0.3) is 32.6 Å². The van der Waals surface area contributed by atoms with Crippen molar-refractivity contribution in [2.45, 2.75) is 4.90 Å². The van der Waals surface area contributed by atoms with Crippen LogP contribution in [0.2, 0.25) is 0 Å². The molecule has 142 valence electrons. The standard InChI is InChI=1S/C22H16N4O2S/c23-14-9-11-15(12-10-14)29(27,28)26-20-13-24-21-18-7-3-1-5-16(18)17-6-2-4-8-19(17)22(21)25-20/h1-13H,23H2,(H,25,26). The summed E-state index contributed by atoms with van der Waals surface area (Å²) in [6.45, 7) is 0. The smallest absolute Gasteiger partial charge is 0.263 e. The Labute approximate surface area is 167 Å². The zero-order chi connectivity index (χ0) is 20.0. The van der Waals surface area contributed by atoms with E-state index in [-0.39, 0.29) is 10.7 Å². The molecular weight excluding hydrogens is 384 g/mol. The zero-order valence-corrected chi connectivity index (χ0v) is 16.0. The summed E-state index contributed by atoms with van der Waals surface area (Å²) in [6, 6.07) is 21.9. The van der Waals surface area contributed by atoms with Gasteiger partial charge in [0.25, 0.3) is 10.0 Å². The fourth-order valence-electron chi connectivity index (χ4n) is 3.52. The number of nitrogens with one attached hydrogen (secondary N) is 1. The van der Waals surface area contributed by atoms with E-state index < -0.39 is 10.0 Å². The molecule has 0 fully saturated rings. The highest BCUT2D eigenvalue weighted by molar-refractivity contribution is 7.92. The number of sulfonamides is 1. The molecule has 7 heteroatoms. The molecule has 0 saturated carbocycles. The Morgan fingerprint density at radius 3 is 1.90 bits per heavy atom. The molecule has 3 N–H and O–H groups in total. The first kappa shape index (κ1) is 17.4. The number of anilines is 2. The van der Waals surface area contributed by atoms with Gasteiger partial charge >= 0.3 is 0 Å². The molecule has 0 bridgehead atoms. The first-order valence-electron chi connectivity index (χ1n) is 8.97. The number of fused-ring (bicyclic) bond motifs is 6. The lowest BCUT2D eigenvalue weighted by Gasteiger charge is -2.11. The Hall–Kier alpha value is -3.71. The van der Waals surface area contributed by atoms with Crippen molar-refractivity contribution >= 4 is 54.1 Å². The van der Waals surface area contributed by atoms with Crippen LogP contribution in [0.4, 0.5) is 11.5 Å². The zero-order valence-electron chi connectivity index (χ0n) is 15.2. The average molecular weight is 400 g/mol. The Morgan fingerprint density at radius 1 is 0.724 bits per heavy atom. The minimum absolute atomic E-state index is 0.108. The number of benzene rings is 4. The lowest BCUT2D eigenvalue weighted by atomic mass is 10.00. The Morgan fingerprint density at radius 2 is 1.28 bits per heavy atom. The SMILES string of the molecule is Nc1ccc(S(=O)(=O)Nc2cnc3c4ccccc4c4ccccc4c3n2)cc1. The number of rotatable bonds is 3. The highest BCUT2D eigenvalue weighted by Gasteiger charge is 2.17. The van der Waals surface area contributed by atoms with E-state index in [0.717, 1.165) is 27.1 Å². The van der Waals surface area contributed by atoms with E-state index in [2.05, 4.69) is 20.8 Å². The molecule has 5 rings (SSSR count). The quantitative estimate of drug-likeness (QED) is 0.347. The van der Waals surface area contributed by atoms with Gasteiger partial charge in [-0.25, -0.2) is 13.4 Å². The molecule has 0 atom stereocenters. The molecule has 4 aromatic carbocycles. The van der Waals surface area contributed by atoms with Crippen molar-refractivity contribution in [3.8, 4) is 0 Å². The van der Waals surface area contributed by atoms with Crippen molar-refractivity contribution < 1.29 is 8.42 Å². The molecule has 0 saturated heterocycles. The normalized spacial score (nSPS) is 11.9. The first-order chi connectivity index (χ1) is 14.0. The van der Waals surface area contributed by atoms with Crippen LogP contribution in [0.5, 0.6) is 0 Å². The molecule has 29 heavy (non-hydrogen) atoms. The summed E-state index contributed by atoms with van der Waals surface area (Å²) in [5.74, 6) is 0.162. The van der Waals surface area contributed by atoms with Gasteiger partial charge in [-0.2, -0.15) is 0 Å². The van der Waals surface area contributed by atoms with Gasteiger partial charge in [-0.3, -0.25) is 9.71 Å². The van der Waals surface area contributed by atoms with E-state index in [1.807, 2.05) is 42.5 Å². The third kappa shape index (κ3) is 2.92. The van der Waals surface area contributed by atoms with E-state index in [9.17, 15) is 8.42 Å². The Balaban J connectivity index is 1.70. The van der Waals surface area contributed by atoms with Crippen molar-refractivity contribution in [1.82, 2.24) is 9.97 Å². The maximum absolute atomic E-state index is 12.7. The van der Waals surface area contributed by atoms with Gasteiger partial charge in [-0.15, -0.1) is 0 Å². The highest BCUT2D eigenvalue weighted by Crippen LogP contribution is 2.33. The van der Waals surface area contributed by atoms with Crippen LogP contribution >= 0.6 is 0 Å². The second-order valence-electron chi connectivity index (χ2n) is 6.72. The summed E-state index contributed by atoms with van der Waals surface area (Å²) < 4.78 is 27.9. The fourth-order valence-corrected chi connectivity index (χ4v) is 4.50. The van der Waals surface area contributed by atoms with E-state index in [4.69, 9.17) is 5.73 Å². The molecule has 5 aromatic rings. The molecule has 0 aliphatic heterocycles. The third-order valence-electron chi connectivity index (χ3n) is 4.86. The Bertz CT molecular complexity index is 1460. The molecular formula is C22H16N4O2S. The summed E-state index contributed by atoms with van der Waals surface area (Å²) in [6.07, 6.45) is 1.44. The minimum atomic E-state index is -3.80. The second kappa shape index (κ2) is 6.42. The first-order valence-corrected chi connectivity index (χ1v) is 10.5. The molecule has 1 heterocycles. The molecule has 0 radical (unpaired) electrons. The average Bonchev–Trinajstić information content (AvgIpc) is 2.74. The van der Waals surface area contributed by atoms with Gasteiger partial charge < -0.3 is 5.73 Å². The summed E-state index contributed by atoms with van der Waals surface area (Å²) >= 11 is 0. The fraction of sp³-hybridized carbons (Fsp3) is 0. The maximum atomic E-state index is 12.7. The number of aromatic nitrogens is 2. The highest BCUT2D eigenvalue weighted by atomic mass is 32.2. The lowest BCUT2D eigenvalue weighted by Crippen LogP contribution is -2.14. The van der Waals surface area contributed by atoms with E-state index >= 15 is 0 Å². The van der Waals surface area contributed by atoms with Gasteiger partial charge in [0.15, 0.2) is 5.82 Å². The summed E-state index contributed by atoms with van der Waals surface area (Å²) in [4.78, 5) is 9.25. The molecule has 0 unspecified atom stereocenters. The van der Waals surface area contributed by atoms with Crippen LogP contribution in [0, 0.1) is 0 Å². The van der Waals surface area contributed by atoms with Crippen LogP contribution in [0.3, 0.4) is 0 Å². The maximum Gasteiger partial charge on any atom is 0.263 e. The van der Waals surface area contributed by atoms with Crippen molar-refractivity contribution in [2.75, 3.05) is 10.5 Å².